The second kappa shape index (κ2) is 7.07. The maximum absolute atomic E-state index is 13.1. The highest BCUT2D eigenvalue weighted by atomic mass is 32.2. The van der Waals surface area contributed by atoms with Gasteiger partial charge in [0, 0.05) is 16.6 Å². The number of primary sulfonamides is 1. The van der Waals surface area contributed by atoms with Gasteiger partial charge in [0.25, 0.3) is 0 Å². The molecule has 3 aromatic rings. The molecule has 1 aromatic heterocycles. The third-order valence-electron chi connectivity index (χ3n) is 4.44. The summed E-state index contributed by atoms with van der Waals surface area (Å²) in [5.74, 6) is -0.303. The second-order valence-corrected chi connectivity index (χ2v) is 8.76. The minimum Gasteiger partial charge on any atom is -0.510 e. The molecule has 2 heterocycles. The second-order valence-electron chi connectivity index (χ2n) is 6.34. The van der Waals surface area contributed by atoms with Crippen LogP contribution < -0.4 is 10.0 Å². The zero-order valence-electron chi connectivity index (χ0n) is 14.8. The van der Waals surface area contributed by atoms with Crippen molar-refractivity contribution in [2.24, 2.45) is 5.14 Å². The Morgan fingerprint density at radius 3 is 2.41 bits per heavy atom. The maximum Gasteiger partial charge on any atom is 0.238 e. The van der Waals surface area contributed by atoms with Crippen molar-refractivity contribution in [3.05, 3.63) is 70.5 Å². The fourth-order valence-electron chi connectivity index (χ4n) is 2.98. The summed E-state index contributed by atoms with van der Waals surface area (Å²) in [7, 11) is -3.81. The largest absolute Gasteiger partial charge is 0.510 e. The first-order valence-electron chi connectivity index (χ1n) is 8.37. The highest BCUT2D eigenvalue weighted by Gasteiger charge is 2.31. The molecule has 0 spiro atoms. The van der Waals surface area contributed by atoms with E-state index in [1.54, 1.807) is 17.5 Å². The van der Waals surface area contributed by atoms with Gasteiger partial charge in [-0.1, -0.05) is 0 Å². The molecule has 1 aliphatic heterocycles. The van der Waals surface area contributed by atoms with Gasteiger partial charge >= 0.3 is 0 Å². The lowest BCUT2D eigenvalue weighted by Gasteiger charge is -2.18. The molecule has 0 saturated heterocycles. The molecule has 0 atom stereocenters. The number of rotatable bonds is 4. The van der Waals surface area contributed by atoms with E-state index < -0.39 is 10.0 Å². The van der Waals surface area contributed by atoms with Crippen LogP contribution in [0.25, 0.3) is 16.8 Å². The molecule has 2 aromatic carbocycles. The molecular formula is C19H15FN4O3S2. The highest BCUT2D eigenvalue weighted by Crippen LogP contribution is 2.34. The number of anilines is 1. The van der Waals surface area contributed by atoms with Crippen LogP contribution >= 0.6 is 11.3 Å². The number of sulfonamides is 1. The Morgan fingerprint density at radius 2 is 1.79 bits per heavy atom. The first-order chi connectivity index (χ1) is 13.7. The number of aliphatic hydroxyl groups is 1. The Labute approximate surface area is 170 Å². The SMILES string of the molecule is N=C1C(c2nc(-c3ccc(F)cc3)cs2)=C(O)CN1c1ccc(S(N)(=O)=O)cc1. The van der Waals surface area contributed by atoms with E-state index in [0.29, 0.717) is 22.0 Å². The van der Waals surface area contributed by atoms with Crippen molar-refractivity contribution < 1.29 is 17.9 Å². The number of nitrogens with zero attached hydrogens (tertiary/aromatic N) is 2. The number of amidine groups is 1. The van der Waals surface area contributed by atoms with Gasteiger partial charge in [0.15, 0.2) is 0 Å². The van der Waals surface area contributed by atoms with Gasteiger partial charge in [-0.05, 0) is 48.5 Å². The summed E-state index contributed by atoms with van der Waals surface area (Å²) >= 11 is 1.27. The minimum atomic E-state index is -3.81. The summed E-state index contributed by atoms with van der Waals surface area (Å²) in [6.45, 7) is 0.0638. The lowest BCUT2D eigenvalue weighted by molar-refractivity contribution is 0.411. The average molecular weight is 430 g/mol. The number of aliphatic hydroxyl groups excluding tert-OH is 1. The van der Waals surface area contributed by atoms with Crippen LogP contribution in [0, 0.1) is 11.2 Å². The molecule has 0 amide bonds. The molecule has 0 bridgehead atoms. The Hall–Kier alpha value is -3.08. The van der Waals surface area contributed by atoms with Crippen molar-refractivity contribution in [1.29, 1.82) is 5.41 Å². The van der Waals surface area contributed by atoms with Gasteiger partial charge in [-0.15, -0.1) is 11.3 Å². The van der Waals surface area contributed by atoms with Crippen LogP contribution in [0.1, 0.15) is 5.01 Å². The lowest BCUT2D eigenvalue weighted by atomic mass is 10.2. The van der Waals surface area contributed by atoms with Gasteiger partial charge in [-0.25, -0.2) is 22.9 Å². The van der Waals surface area contributed by atoms with E-state index in [1.807, 2.05) is 0 Å². The van der Waals surface area contributed by atoms with Crippen LogP contribution in [-0.4, -0.2) is 30.9 Å². The molecule has 1 aliphatic rings. The average Bonchev–Trinajstić information content (AvgIpc) is 3.26. The minimum absolute atomic E-state index is 0.00877. The molecule has 148 valence electrons. The standard InChI is InChI=1S/C19H15FN4O3S2/c20-12-3-1-11(2-4-12)15-10-28-19(23-15)17-16(25)9-24(18(17)21)13-5-7-14(8-6-13)29(22,26)27/h1-8,10,21,25H,9H2,(H2,22,26,27). The molecule has 0 unspecified atom stereocenters. The first kappa shape index (κ1) is 19.2. The van der Waals surface area contributed by atoms with Gasteiger partial charge in [0.05, 0.1) is 22.7 Å². The quantitative estimate of drug-likeness (QED) is 0.586. The number of aromatic nitrogens is 1. The van der Waals surface area contributed by atoms with Crippen LogP contribution in [-0.2, 0) is 10.0 Å². The fraction of sp³-hybridized carbons (Fsp3) is 0.0526. The number of halogens is 1. The van der Waals surface area contributed by atoms with Crippen LogP contribution in [0.5, 0.6) is 0 Å². The van der Waals surface area contributed by atoms with E-state index in [9.17, 15) is 17.9 Å². The summed E-state index contributed by atoms with van der Waals surface area (Å²) in [5.41, 5.74) is 2.20. The van der Waals surface area contributed by atoms with Gasteiger partial charge < -0.3 is 10.0 Å². The monoisotopic (exact) mass is 430 g/mol. The smallest absolute Gasteiger partial charge is 0.238 e. The molecule has 0 aliphatic carbocycles. The molecule has 0 saturated carbocycles. The van der Waals surface area contributed by atoms with Gasteiger partial charge in [0.2, 0.25) is 10.0 Å². The molecule has 29 heavy (non-hydrogen) atoms. The Morgan fingerprint density at radius 1 is 1.14 bits per heavy atom. The van der Waals surface area contributed by atoms with Crippen LogP contribution in [0.4, 0.5) is 10.1 Å². The number of benzene rings is 2. The first-order valence-corrected chi connectivity index (χ1v) is 10.8. The number of hydrogen-bond acceptors (Lipinski definition) is 6. The van der Waals surface area contributed by atoms with E-state index in [4.69, 9.17) is 10.5 Å². The zero-order chi connectivity index (χ0) is 20.8. The Balaban J connectivity index is 1.61. The zero-order valence-corrected chi connectivity index (χ0v) is 16.5. The summed E-state index contributed by atoms with van der Waals surface area (Å²) in [5, 5.41) is 26.3. The summed E-state index contributed by atoms with van der Waals surface area (Å²) in [6, 6.07) is 11.7. The predicted molar refractivity (Wildman–Crippen MR) is 110 cm³/mol. The number of nitrogens with two attached hydrogens (primary N) is 1. The third kappa shape index (κ3) is 3.65. The van der Waals surface area contributed by atoms with Gasteiger partial charge in [-0.3, -0.25) is 5.41 Å². The normalized spacial score (nSPS) is 14.7. The van der Waals surface area contributed by atoms with E-state index in [-0.39, 0.29) is 28.9 Å². The highest BCUT2D eigenvalue weighted by molar-refractivity contribution is 7.89. The molecule has 4 rings (SSSR count). The van der Waals surface area contributed by atoms with Crippen LogP contribution in [0.2, 0.25) is 0 Å². The molecular weight excluding hydrogens is 415 g/mol. The molecule has 7 nitrogen and oxygen atoms in total. The molecule has 0 fully saturated rings. The fourth-order valence-corrected chi connectivity index (χ4v) is 4.39. The van der Waals surface area contributed by atoms with Crippen molar-refractivity contribution in [2.45, 2.75) is 4.90 Å². The summed E-state index contributed by atoms with van der Waals surface area (Å²) in [6.07, 6.45) is 0. The van der Waals surface area contributed by atoms with E-state index >= 15 is 0 Å². The van der Waals surface area contributed by atoms with E-state index in [2.05, 4.69) is 4.98 Å². The molecule has 4 N–H and O–H groups in total. The maximum atomic E-state index is 13.1. The van der Waals surface area contributed by atoms with Crippen molar-refractivity contribution in [1.82, 2.24) is 4.98 Å². The molecule has 10 heteroatoms. The van der Waals surface area contributed by atoms with Crippen molar-refractivity contribution >= 4 is 38.5 Å². The molecule has 0 radical (unpaired) electrons. The van der Waals surface area contributed by atoms with Crippen molar-refractivity contribution in [3.8, 4) is 11.3 Å². The van der Waals surface area contributed by atoms with E-state index in [0.717, 1.165) is 5.56 Å². The third-order valence-corrected chi connectivity index (χ3v) is 6.23. The number of nitrogens with one attached hydrogen (secondary N) is 1. The summed E-state index contributed by atoms with van der Waals surface area (Å²) < 4.78 is 35.9. The Bertz CT molecular complexity index is 1230. The van der Waals surface area contributed by atoms with Gasteiger partial charge in [0.1, 0.15) is 22.4 Å². The number of thiazole rings is 1. The lowest BCUT2D eigenvalue weighted by Crippen LogP contribution is -2.26. The predicted octanol–water partition coefficient (Wildman–Crippen LogP) is 3.36. The summed E-state index contributed by atoms with van der Waals surface area (Å²) in [4.78, 5) is 5.99. The Kier molecular flexibility index (Phi) is 4.69. The van der Waals surface area contributed by atoms with Crippen molar-refractivity contribution in [3.63, 3.8) is 0 Å². The van der Waals surface area contributed by atoms with Crippen LogP contribution in [0.15, 0.2) is 64.6 Å². The van der Waals surface area contributed by atoms with Crippen LogP contribution in [0.3, 0.4) is 0 Å². The van der Waals surface area contributed by atoms with E-state index in [1.165, 1.54) is 52.6 Å². The number of hydrogen-bond donors (Lipinski definition) is 3. The van der Waals surface area contributed by atoms with Gasteiger partial charge in [-0.2, -0.15) is 0 Å². The topological polar surface area (TPSA) is 120 Å². The van der Waals surface area contributed by atoms with Crippen molar-refractivity contribution in [2.75, 3.05) is 11.4 Å².